The SMILES string of the molecule is CCO/C=C/c1cn(C(CC(C)C)C(=O)OC)c(=O)cc1C(F)(F)F. The van der Waals surface area contributed by atoms with Gasteiger partial charge in [-0.05, 0) is 25.3 Å². The summed E-state index contributed by atoms with van der Waals surface area (Å²) in [5.41, 5.74) is -2.27. The molecular formula is C17H22F3NO4. The number of halogens is 3. The maximum Gasteiger partial charge on any atom is 0.417 e. The molecule has 25 heavy (non-hydrogen) atoms. The van der Waals surface area contributed by atoms with Crippen LogP contribution >= 0.6 is 0 Å². The highest BCUT2D eigenvalue weighted by Gasteiger charge is 2.35. The summed E-state index contributed by atoms with van der Waals surface area (Å²) in [6.45, 7) is 5.64. The van der Waals surface area contributed by atoms with Crippen molar-refractivity contribution in [3.8, 4) is 0 Å². The van der Waals surface area contributed by atoms with Gasteiger partial charge in [-0.15, -0.1) is 0 Å². The van der Waals surface area contributed by atoms with E-state index in [4.69, 9.17) is 9.47 Å². The van der Waals surface area contributed by atoms with Crippen LogP contribution in [0.25, 0.3) is 6.08 Å². The Bertz CT molecular complexity index is 677. The summed E-state index contributed by atoms with van der Waals surface area (Å²) in [6, 6.07) is -0.513. The molecule has 1 heterocycles. The van der Waals surface area contributed by atoms with Gasteiger partial charge in [-0.25, -0.2) is 4.79 Å². The Balaban J connectivity index is 3.52. The lowest BCUT2D eigenvalue weighted by atomic mass is 10.0. The summed E-state index contributed by atoms with van der Waals surface area (Å²) < 4.78 is 50.2. The first-order chi connectivity index (χ1) is 11.6. The summed E-state index contributed by atoms with van der Waals surface area (Å²) in [6.07, 6.45) is -1.19. The molecule has 1 unspecified atom stereocenters. The fraction of sp³-hybridized carbons (Fsp3) is 0.529. The van der Waals surface area contributed by atoms with E-state index in [0.717, 1.165) is 23.1 Å². The molecule has 0 N–H and O–H groups in total. The predicted molar refractivity (Wildman–Crippen MR) is 86.9 cm³/mol. The molecule has 140 valence electrons. The Kier molecular flexibility index (Phi) is 7.26. The van der Waals surface area contributed by atoms with Gasteiger partial charge < -0.3 is 14.0 Å². The van der Waals surface area contributed by atoms with Gasteiger partial charge in [0.25, 0.3) is 5.56 Å². The number of hydrogen-bond acceptors (Lipinski definition) is 4. The third-order valence-electron chi connectivity index (χ3n) is 3.43. The van der Waals surface area contributed by atoms with Crippen molar-refractivity contribution in [1.29, 1.82) is 0 Å². The van der Waals surface area contributed by atoms with E-state index in [1.807, 2.05) is 13.8 Å². The minimum Gasteiger partial charge on any atom is -0.501 e. The van der Waals surface area contributed by atoms with Crippen LogP contribution < -0.4 is 5.56 Å². The molecule has 0 aromatic carbocycles. The first kappa shape index (κ1) is 20.8. The van der Waals surface area contributed by atoms with Crippen molar-refractivity contribution in [2.45, 2.75) is 39.4 Å². The molecule has 0 bridgehead atoms. The average Bonchev–Trinajstić information content (AvgIpc) is 2.52. The lowest BCUT2D eigenvalue weighted by molar-refractivity contribution is -0.145. The Morgan fingerprint density at radius 3 is 2.48 bits per heavy atom. The van der Waals surface area contributed by atoms with Crippen LogP contribution in [0.1, 0.15) is 44.4 Å². The minimum absolute atomic E-state index is 0.0284. The number of ether oxygens (including phenoxy) is 2. The highest BCUT2D eigenvalue weighted by atomic mass is 19.4. The maximum absolute atomic E-state index is 13.2. The maximum atomic E-state index is 13.2. The van der Waals surface area contributed by atoms with Gasteiger partial charge in [0, 0.05) is 17.8 Å². The fourth-order valence-corrected chi connectivity index (χ4v) is 2.31. The summed E-state index contributed by atoms with van der Waals surface area (Å²) in [7, 11) is 1.17. The Morgan fingerprint density at radius 1 is 1.36 bits per heavy atom. The van der Waals surface area contributed by atoms with Crippen molar-refractivity contribution in [3.63, 3.8) is 0 Å². The Labute approximate surface area is 144 Å². The number of pyridine rings is 1. The number of alkyl halides is 3. The van der Waals surface area contributed by atoms with Crippen molar-refractivity contribution in [1.82, 2.24) is 4.57 Å². The van der Waals surface area contributed by atoms with Crippen LogP contribution in [0.2, 0.25) is 0 Å². The van der Waals surface area contributed by atoms with Crippen molar-refractivity contribution in [2.75, 3.05) is 13.7 Å². The topological polar surface area (TPSA) is 57.5 Å². The second-order valence-corrected chi connectivity index (χ2v) is 5.81. The highest BCUT2D eigenvalue weighted by Crippen LogP contribution is 2.32. The normalized spacial score (nSPS) is 13.3. The first-order valence-corrected chi connectivity index (χ1v) is 7.81. The lowest BCUT2D eigenvalue weighted by Gasteiger charge is -2.21. The van der Waals surface area contributed by atoms with E-state index in [2.05, 4.69) is 0 Å². The van der Waals surface area contributed by atoms with Gasteiger partial charge in [0.15, 0.2) is 0 Å². The van der Waals surface area contributed by atoms with Crippen LogP contribution in [0, 0.1) is 5.92 Å². The molecule has 0 spiro atoms. The third kappa shape index (κ3) is 5.65. The Morgan fingerprint density at radius 2 is 2.00 bits per heavy atom. The van der Waals surface area contributed by atoms with E-state index in [9.17, 15) is 22.8 Å². The molecule has 1 aromatic heterocycles. The smallest absolute Gasteiger partial charge is 0.417 e. The fourth-order valence-electron chi connectivity index (χ4n) is 2.31. The van der Waals surface area contributed by atoms with Gasteiger partial charge >= 0.3 is 12.1 Å². The van der Waals surface area contributed by atoms with Crippen LogP contribution in [0.5, 0.6) is 0 Å². The molecule has 1 aromatic rings. The molecule has 0 saturated heterocycles. The second-order valence-electron chi connectivity index (χ2n) is 5.81. The summed E-state index contributed by atoms with van der Waals surface area (Å²) in [5.74, 6) is -0.656. The largest absolute Gasteiger partial charge is 0.501 e. The lowest BCUT2D eigenvalue weighted by Crippen LogP contribution is -2.32. The molecule has 0 aliphatic carbocycles. The number of rotatable bonds is 7. The second kappa shape index (κ2) is 8.73. The standard InChI is InChI=1S/C17H22F3NO4/c1-5-25-7-6-12-10-21(14(8-11(2)3)16(23)24-4)15(22)9-13(12)17(18,19)20/h6-7,9-11,14H,5,8H2,1-4H3/b7-6+. The van der Waals surface area contributed by atoms with Crippen LogP contribution in [-0.2, 0) is 20.4 Å². The molecule has 0 aliphatic heterocycles. The molecule has 0 saturated carbocycles. The minimum atomic E-state index is -4.71. The van der Waals surface area contributed by atoms with Gasteiger partial charge in [-0.1, -0.05) is 13.8 Å². The number of hydrogen-bond donors (Lipinski definition) is 0. The van der Waals surface area contributed by atoms with Gasteiger partial charge in [-0.3, -0.25) is 4.79 Å². The molecule has 1 rings (SSSR count). The van der Waals surface area contributed by atoms with E-state index in [0.29, 0.717) is 6.07 Å². The zero-order chi connectivity index (χ0) is 19.2. The first-order valence-electron chi connectivity index (χ1n) is 7.81. The summed E-state index contributed by atoms with van der Waals surface area (Å²) in [5, 5.41) is 0. The number of esters is 1. The monoisotopic (exact) mass is 361 g/mol. The van der Waals surface area contributed by atoms with Gasteiger partial charge in [-0.2, -0.15) is 13.2 Å². The molecule has 1 atom stereocenters. The van der Waals surface area contributed by atoms with E-state index < -0.39 is 29.3 Å². The van der Waals surface area contributed by atoms with Gasteiger partial charge in [0.2, 0.25) is 0 Å². The van der Waals surface area contributed by atoms with Crippen molar-refractivity contribution in [3.05, 3.63) is 40.0 Å². The predicted octanol–water partition coefficient (Wildman–Crippen LogP) is 3.63. The number of aromatic nitrogens is 1. The van der Waals surface area contributed by atoms with Gasteiger partial charge in [0.05, 0.1) is 25.5 Å². The van der Waals surface area contributed by atoms with Crippen LogP contribution in [0.15, 0.2) is 23.3 Å². The quantitative estimate of drug-likeness (QED) is 0.550. The average molecular weight is 361 g/mol. The Hall–Kier alpha value is -2.25. The van der Waals surface area contributed by atoms with Crippen LogP contribution in [0.3, 0.4) is 0 Å². The number of nitrogens with zero attached hydrogens (tertiary/aromatic N) is 1. The van der Waals surface area contributed by atoms with Crippen LogP contribution in [0.4, 0.5) is 13.2 Å². The molecule has 5 nitrogen and oxygen atoms in total. The van der Waals surface area contributed by atoms with E-state index >= 15 is 0 Å². The summed E-state index contributed by atoms with van der Waals surface area (Å²) >= 11 is 0. The molecule has 8 heteroatoms. The number of carbonyl (C=O) groups excluding carboxylic acids is 1. The number of methoxy groups -OCH3 is 1. The molecule has 0 amide bonds. The molecule has 0 fully saturated rings. The number of carbonyl (C=O) groups is 1. The van der Waals surface area contributed by atoms with Crippen LogP contribution in [-0.4, -0.2) is 24.3 Å². The van der Waals surface area contributed by atoms with Crippen molar-refractivity contribution >= 4 is 12.0 Å². The molecule has 0 radical (unpaired) electrons. The third-order valence-corrected chi connectivity index (χ3v) is 3.43. The van der Waals surface area contributed by atoms with Gasteiger partial charge in [0.1, 0.15) is 6.04 Å². The van der Waals surface area contributed by atoms with E-state index in [-0.39, 0.29) is 24.5 Å². The molecular weight excluding hydrogens is 339 g/mol. The van der Waals surface area contributed by atoms with Crippen molar-refractivity contribution < 1.29 is 27.4 Å². The molecule has 0 aliphatic rings. The van der Waals surface area contributed by atoms with E-state index in [1.54, 1.807) is 6.92 Å². The zero-order valence-electron chi connectivity index (χ0n) is 14.6. The van der Waals surface area contributed by atoms with Crippen molar-refractivity contribution in [2.24, 2.45) is 5.92 Å². The van der Waals surface area contributed by atoms with E-state index in [1.165, 1.54) is 7.11 Å². The summed E-state index contributed by atoms with van der Waals surface area (Å²) in [4.78, 5) is 24.2. The highest BCUT2D eigenvalue weighted by molar-refractivity contribution is 5.74. The zero-order valence-corrected chi connectivity index (χ0v) is 14.6.